The molecule has 1 aliphatic carbocycles. The van der Waals surface area contributed by atoms with E-state index >= 15 is 0 Å². The van der Waals surface area contributed by atoms with E-state index in [-0.39, 0.29) is 5.92 Å². The molecule has 2 unspecified atom stereocenters. The average Bonchev–Trinajstić information content (AvgIpc) is 3.28. The summed E-state index contributed by atoms with van der Waals surface area (Å²) in [7, 11) is 0. The number of nitro groups is 1. The Morgan fingerprint density at radius 3 is 2.65 bits per heavy atom. The van der Waals surface area contributed by atoms with Gasteiger partial charge in [0.05, 0.1) is 10.8 Å². The van der Waals surface area contributed by atoms with Crippen molar-refractivity contribution in [2.45, 2.75) is 12.3 Å². The van der Waals surface area contributed by atoms with Gasteiger partial charge in [-0.1, -0.05) is 18.2 Å². The number of benzene rings is 2. The van der Waals surface area contributed by atoms with Gasteiger partial charge in [0.25, 0.3) is 0 Å². The first-order valence-corrected chi connectivity index (χ1v) is 6.87. The van der Waals surface area contributed by atoms with Crippen LogP contribution < -0.4 is 4.74 Å². The van der Waals surface area contributed by atoms with Gasteiger partial charge in [0.1, 0.15) is 11.6 Å². The fraction of sp³-hybridized carbons (Fsp3) is 0.188. The zero-order valence-electron chi connectivity index (χ0n) is 11.7. The second kappa shape index (κ2) is 5.75. The number of rotatable bonds is 4. The van der Waals surface area contributed by atoms with Gasteiger partial charge in [0, 0.05) is 18.1 Å². The lowest BCUT2D eigenvalue weighted by molar-refractivity contribution is -0.385. The van der Waals surface area contributed by atoms with Gasteiger partial charge in [-0.25, -0.2) is 8.78 Å². The van der Waals surface area contributed by atoms with Crippen molar-refractivity contribution in [3.05, 3.63) is 69.8 Å². The molecule has 0 spiro atoms. The van der Waals surface area contributed by atoms with Crippen LogP contribution >= 0.6 is 0 Å². The molecule has 1 aliphatic rings. The van der Waals surface area contributed by atoms with Crippen LogP contribution in [-0.4, -0.2) is 10.9 Å². The van der Waals surface area contributed by atoms with E-state index in [1.54, 1.807) is 18.2 Å². The summed E-state index contributed by atoms with van der Waals surface area (Å²) in [5.41, 5.74) is -0.0916. The Morgan fingerprint density at radius 2 is 1.96 bits per heavy atom. The smallest absolute Gasteiger partial charge is 0.315 e. The van der Waals surface area contributed by atoms with E-state index < -0.39 is 39.9 Å². The summed E-state index contributed by atoms with van der Waals surface area (Å²) < 4.78 is 31.8. The number of esters is 1. The minimum atomic E-state index is -0.761. The van der Waals surface area contributed by atoms with Crippen molar-refractivity contribution in [3.8, 4) is 5.75 Å². The number of halogens is 2. The van der Waals surface area contributed by atoms with Crippen LogP contribution in [0, 0.1) is 27.7 Å². The molecule has 0 aliphatic heterocycles. The van der Waals surface area contributed by atoms with E-state index in [0.717, 1.165) is 18.2 Å². The molecular weight excluding hydrogens is 308 g/mol. The third-order valence-electron chi connectivity index (χ3n) is 3.73. The molecule has 0 amide bonds. The maximum atomic E-state index is 13.7. The maximum Gasteiger partial charge on any atom is 0.315 e. The van der Waals surface area contributed by atoms with Gasteiger partial charge < -0.3 is 4.74 Å². The first-order chi connectivity index (χ1) is 11.0. The summed E-state index contributed by atoms with van der Waals surface area (Å²) in [6.07, 6.45) is 0.392. The highest BCUT2D eigenvalue weighted by Crippen LogP contribution is 2.49. The third-order valence-corrected chi connectivity index (χ3v) is 3.73. The summed E-state index contributed by atoms with van der Waals surface area (Å²) in [5.74, 6) is -3.25. The highest BCUT2D eigenvalue weighted by molar-refractivity contribution is 5.80. The number of nitro benzene ring substituents is 1. The second-order valence-corrected chi connectivity index (χ2v) is 5.26. The number of hydrogen-bond donors (Lipinski definition) is 0. The highest BCUT2D eigenvalue weighted by atomic mass is 19.1. The van der Waals surface area contributed by atoms with Crippen molar-refractivity contribution < 1.29 is 23.2 Å². The molecule has 0 aromatic heterocycles. The first kappa shape index (κ1) is 15.1. The first-order valence-electron chi connectivity index (χ1n) is 6.87. The van der Waals surface area contributed by atoms with Crippen LogP contribution in [-0.2, 0) is 4.79 Å². The molecule has 23 heavy (non-hydrogen) atoms. The predicted molar refractivity (Wildman–Crippen MR) is 75.9 cm³/mol. The Balaban J connectivity index is 1.76. The maximum absolute atomic E-state index is 13.7. The van der Waals surface area contributed by atoms with Crippen molar-refractivity contribution in [3.63, 3.8) is 0 Å². The standard InChI is InChI=1S/C16H11F2NO4/c17-9-5-6-14(19(21)22)15(7-9)23-16(20)12-8-11(12)10-3-1-2-4-13(10)18/h1-7,11-12H,8H2. The van der Waals surface area contributed by atoms with Crippen molar-refractivity contribution in [2.24, 2.45) is 5.92 Å². The average molecular weight is 319 g/mol. The largest absolute Gasteiger partial charge is 0.419 e. The Kier molecular flexibility index (Phi) is 3.77. The molecule has 0 radical (unpaired) electrons. The van der Waals surface area contributed by atoms with Crippen molar-refractivity contribution >= 4 is 11.7 Å². The van der Waals surface area contributed by atoms with Crippen LogP contribution in [0.5, 0.6) is 5.75 Å². The van der Waals surface area contributed by atoms with Crippen molar-refractivity contribution in [2.75, 3.05) is 0 Å². The van der Waals surface area contributed by atoms with Gasteiger partial charge >= 0.3 is 11.7 Å². The number of hydrogen-bond acceptors (Lipinski definition) is 4. The lowest BCUT2D eigenvalue weighted by atomic mass is 10.1. The van der Waals surface area contributed by atoms with Gasteiger partial charge in [-0.15, -0.1) is 0 Å². The molecule has 2 atom stereocenters. The van der Waals surface area contributed by atoms with Crippen LogP contribution in [0.3, 0.4) is 0 Å². The summed E-state index contributed by atoms with van der Waals surface area (Å²) in [4.78, 5) is 22.2. The summed E-state index contributed by atoms with van der Waals surface area (Å²) >= 11 is 0. The van der Waals surface area contributed by atoms with Gasteiger partial charge in [0.2, 0.25) is 5.75 Å². The van der Waals surface area contributed by atoms with Crippen LogP contribution in [0.15, 0.2) is 42.5 Å². The normalized spacial score (nSPS) is 19.2. The molecule has 1 fully saturated rings. The fourth-order valence-electron chi connectivity index (χ4n) is 2.48. The minimum absolute atomic E-state index is 0.323. The van der Waals surface area contributed by atoms with Gasteiger partial charge in [-0.2, -0.15) is 0 Å². The quantitative estimate of drug-likeness (QED) is 0.374. The lowest BCUT2D eigenvalue weighted by Gasteiger charge is -2.05. The SMILES string of the molecule is O=C(Oc1cc(F)ccc1[N+](=O)[O-])C1CC1c1ccccc1F. The van der Waals surface area contributed by atoms with Gasteiger partial charge in [-0.05, 0) is 24.1 Å². The molecule has 0 saturated heterocycles. The summed E-state index contributed by atoms with van der Waals surface area (Å²) in [6.45, 7) is 0. The Bertz CT molecular complexity index is 793. The van der Waals surface area contributed by atoms with E-state index in [1.165, 1.54) is 6.07 Å². The third kappa shape index (κ3) is 3.03. The lowest BCUT2D eigenvalue weighted by Crippen LogP contribution is -2.12. The second-order valence-electron chi connectivity index (χ2n) is 5.26. The number of carbonyl (C=O) groups excluding carboxylic acids is 1. The van der Waals surface area contributed by atoms with Crippen LogP contribution in [0.25, 0.3) is 0 Å². The number of nitrogens with zero attached hydrogens (tertiary/aromatic N) is 1. The molecule has 2 aromatic carbocycles. The van der Waals surface area contributed by atoms with Crippen molar-refractivity contribution in [1.82, 2.24) is 0 Å². The Morgan fingerprint density at radius 1 is 1.22 bits per heavy atom. The predicted octanol–water partition coefficient (Wildman–Crippen LogP) is 3.58. The van der Waals surface area contributed by atoms with Crippen molar-refractivity contribution in [1.29, 1.82) is 0 Å². The molecule has 0 bridgehead atoms. The van der Waals surface area contributed by atoms with E-state index in [1.807, 2.05) is 0 Å². The van der Waals surface area contributed by atoms with E-state index in [0.29, 0.717) is 12.0 Å². The molecule has 118 valence electrons. The monoisotopic (exact) mass is 319 g/mol. The molecule has 1 saturated carbocycles. The minimum Gasteiger partial charge on any atom is -0.419 e. The Labute approximate surface area is 129 Å². The number of ether oxygens (including phenoxy) is 1. The molecule has 0 N–H and O–H groups in total. The molecule has 7 heteroatoms. The fourth-order valence-corrected chi connectivity index (χ4v) is 2.48. The van der Waals surface area contributed by atoms with E-state index in [4.69, 9.17) is 4.74 Å². The number of carbonyl (C=O) groups is 1. The van der Waals surface area contributed by atoms with E-state index in [9.17, 15) is 23.7 Å². The summed E-state index contributed by atoms with van der Waals surface area (Å²) in [6, 6.07) is 8.72. The van der Waals surface area contributed by atoms with Gasteiger partial charge in [-0.3, -0.25) is 14.9 Å². The topological polar surface area (TPSA) is 69.4 Å². The molecule has 2 aromatic rings. The highest BCUT2D eigenvalue weighted by Gasteiger charge is 2.47. The zero-order valence-corrected chi connectivity index (χ0v) is 11.7. The summed E-state index contributed by atoms with van der Waals surface area (Å²) in [5, 5.41) is 10.9. The van der Waals surface area contributed by atoms with Gasteiger partial charge in [0.15, 0.2) is 0 Å². The molecular formula is C16H11F2NO4. The molecule has 0 heterocycles. The molecule has 5 nitrogen and oxygen atoms in total. The Hall–Kier alpha value is -2.83. The van der Waals surface area contributed by atoms with Crippen LogP contribution in [0.1, 0.15) is 17.9 Å². The zero-order chi connectivity index (χ0) is 16.6. The van der Waals surface area contributed by atoms with Crippen LogP contribution in [0.2, 0.25) is 0 Å². The molecule has 3 rings (SSSR count). The van der Waals surface area contributed by atoms with Crippen LogP contribution in [0.4, 0.5) is 14.5 Å². The van der Waals surface area contributed by atoms with E-state index in [2.05, 4.69) is 0 Å².